The van der Waals surface area contributed by atoms with Crippen LogP contribution in [0.2, 0.25) is 0 Å². The maximum atomic E-state index is 12.4. The number of unbranched alkanes of at least 4 members (excludes halogenated alkanes) is 3. The van der Waals surface area contributed by atoms with Crippen molar-refractivity contribution in [3.8, 4) is 0 Å². The van der Waals surface area contributed by atoms with Gasteiger partial charge >= 0.3 is 6.18 Å². The van der Waals surface area contributed by atoms with Gasteiger partial charge < -0.3 is 0 Å². The second-order valence-electron chi connectivity index (χ2n) is 4.89. The molecule has 0 radical (unpaired) electrons. The summed E-state index contributed by atoms with van der Waals surface area (Å²) in [5.41, 5.74) is 0. The third kappa shape index (κ3) is 4.41. The van der Waals surface area contributed by atoms with Gasteiger partial charge in [0.25, 0.3) is 0 Å². The van der Waals surface area contributed by atoms with E-state index in [-0.39, 0.29) is 5.92 Å². The van der Waals surface area contributed by atoms with Gasteiger partial charge in [-0.15, -0.1) is 0 Å². The van der Waals surface area contributed by atoms with Gasteiger partial charge in [0.1, 0.15) is 3.92 Å². The van der Waals surface area contributed by atoms with Crippen molar-refractivity contribution >= 4 is 22.6 Å². The Kier molecular flexibility index (Phi) is 5.88. The van der Waals surface area contributed by atoms with E-state index in [1.807, 2.05) is 0 Å². The van der Waals surface area contributed by atoms with Crippen LogP contribution >= 0.6 is 22.6 Å². The van der Waals surface area contributed by atoms with Gasteiger partial charge in [0.05, 0.1) is 0 Å². The molecule has 1 aliphatic rings. The lowest BCUT2D eigenvalue weighted by Gasteiger charge is -2.39. The Hall–Kier alpha value is 0.520. The summed E-state index contributed by atoms with van der Waals surface area (Å²) in [6, 6.07) is 0. The minimum atomic E-state index is -4.00. The van der Waals surface area contributed by atoms with Gasteiger partial charge in [0.15, 0.2) is 0 Å². The lowest BCUT2D eigenvalue weighted by Crippen LogP contribution is -2.38. The summed E-state index contributed by atoms with van der Waals surface area (Å²) in [5.74, 6) is 0.457. The van der Waals surface area contributed by atoms with Gasteiger partial charge in [-0.3, -0.25) is 0 Å². The summed E-state index contributed by atoms with van der Waals surface area (Å²) in [6.07, 6.45) is 3.63. The van der Waals surface area contributed by atoms with Gasteiger partial charge in [-0.2, -0.15) is 13.2 Å². The Balaban J connectivity index is 2.09. The Labute approximate surface area is 110 Å². The molecule has 1 saturated carbocycles. The highest BCUT2D eigenvalue weighted by Gasteiger charge is 2.47. The molecule has 1 rings (SSSR count). The van der Waals surface area contributed by atoms with Crippen molar-refractivity contribution < 1.29 is 13.2 Å². The summed E-state index contributed by atoms with van der Waals surface area (Å²) < 4.78 is 36.0. The van der Waals surface area contributed by atoms with E-state index in [1.165, 1.54) is 25.7 Å². The smallest absolute Gasteiger partial charge is 0.170 e. The molecule has 0 saturated heterocycles. The van der Waals surface area contributed by atoms with E-state index < -0.39 is 10.1 Å². The van der Waals surface area contributed by atoms with Crippen LogP contribution in [0.1, 0.15) is 51.9 Å². The van der Waals surface area contributed by atoms with E-state index in [2.05, 4.69) is 6.92 Å². The van der Waals surface area contributed by atoms with E-state index in [9.17, 15) is 13.2 Å². The summed E-state index contributed by atoms with van der Waals surface area (Å²) in [4.78, 5) is 0. The van der Waals surface area contributed by atoms with E-state index in [1.54, 1.807) is 22.6 Å². The van der Waals surface area contributed by atoms with Gasteiger partial charge in [-0.1, -0.05) is 61.6 Å². The van der Waals surface area contributed by atoms with Crippen molar-refractivity contribution in [1.29, 1.82) is 0 Å². The monoisotopic (exact) mass is 348 g/mol. The van der Waals surface area contributed by atoms with Gasteiger partial charge in [-0.05, 0) is 24.7 Å². The number of halogens is 4. The zero-order valence-electron chi connectivity index (χ0n) is 9.69. The summed E-state index contributed by atoms with van der Waals surface area (Å²) in [5, 5.41) is 0. The van der Waals surface area contributed by atoms with E-state index in [0.717, 1.165) is 19.3 Å². The van der Waals surface area contributed by atoms with Gasteiger partial charge in [0.2, 0.25) is 0 Å². The van der Waals surface area contributed by atoms with Crippen LogP contribution in [0, 0.1) is 11.8 Å². The van der Waals surface area contributed by atoms with Crippen LogP contribution in [-0.2, 0) is 0 Å². The maximum Gasteiger partial charge on any atom is 0.400 e. The van der Waals surface area contributed by atoms with Gasteiger partial charge in [0, 0.05) is 0 Å². The maximum absolute atomic E-state index is 12.4. The molecule has 0 bridgehead atoms. The zero-order chi connectivity index (χ0) is 12.2. The van der Waals surface area contributed by atoms with E-state index in [4.69, 9.17) is 0 Å². The largest absolute Gasteiger partial charge is 0.400 e. The third-order valence-corrected chi connectivity index (χ3v) is 5.19. The molecule has 96 valence electrons. The number of hydrogen-bond donors (Lipinski definition) is 0. The van der Waals surface area contributed by atoms with Crippen molar-refractivity contribution in [3.05, 3.63) is 0 Å². The fourth-order valence-electron chi connectivity index (χ4n) is 2.39. The number of rotatable bonds is 6. The fraction of sp³-hybridized carbons (Fsp3) is 1.00. The van der Waals surface area contributed by atoms with Crippen molar-refractivity contribution in [3.63, 3.8) is 0 Å². The molecule has 0 aromatic carbocycles. The number of alkyl halides is 4. The topological polar surface area (TPSA) is 0 Å². The average molecular weight is 348 g/mol. The molecule has 0 heterocycles. The van der Waals surface area contributed by atoms with Crippen LogP contribution in [-0.4, -0.2) is 10.1 Å². The molecular formula is C12H20F3I. The van der Waals surface area contributed by atoms with Crippen molar-refractivity contribution in [1.82, 2.24) is 0 Å². The highest BCUT2D eigenvalue weighted by atomic mass is 127. The molecule has 1 aliphatic carbocycles. The standard InChI is InChI=1S/C12H20F3I/c1-2-3-4-5-6-9-7-10(8-9)11(16)12(13,14)15/h9-11H,2-8H2,1H3. The van der Waals surface area contributed by atoms with Crippen molar-refractivity contribution in [2.24, 2.45) is 11.8 Å². The molecular weight excluding hydrogens is 328 g/mol. The van der Waals surface area contributed by atoms with Crippen molar-refractivity contribution in [2.45, 2.75) is 62.0 Å². The molecule has 0 N–H and O–H groups in total. The van der Waals surface area contributed by atoms with Crippen LogP contribution in [0.4, 0.5) is 13.2 Å². The minimum Gasteiger partial charge on any atom is -0.170 e. The lowest BCUT2D eigenvalue weighted by atomic mass is 9.71. The SMILES string of the molecule is CCCCCCC1CC(C(I)C(F)(F)F)C1. The van der Waals surface area contributed by atoms with Crippen LogP contribution in [0.5, 0.6) is 0 Å². The Morgan fingerprint density at radius 3 is 2.31 bits per heavy atom. The van der Waals surface area contributed by atoms with Crippen LogP contribution in [0.3, 0.4) is 0 Å². The molecule has 0 aromatic heterocycles. The molecule has 1 atom stereocenters. The van der Waals surface area contributed by atoms with E-state index in [0.29, 0.717) is 5.92 Å². The molecule has 0 aromatic rings. The van der Waals surface area contributed by atoms with E-state index >= 15 is 0 Å². The molecule has 0 amide bonds. The molecule has 1 fully saturated rings. The average Bonchev–Trinajstić information content (AvgIpc) is 2.12. The second kappa shape index (κ2) is 6.45. The Morgan fingerprint density at radius 1 is 1.19 bits per heavy atom. The summed E-state index contributed by atoms with van der Waals surface area (Å²) >= 11 is 1.56. The van der Waals surface area contributed by atoms with Crippen LogP contribution in [0.15, 0.2) is 0 Å². The Morgan fingerprint density at radius 2 is 1.81 bits per heavy atom. The minimum absolute atomic E-state index is 0.114. The second-order valence-corrected chi connectivity index (χ2v) is 6.23. The first kappa shape index (κ1) is 14.6. The molecule has 0 aliphatic heterocycles. The Bertz CT molecular complexity index is 197. The molecule has 4 heteroatoms. The van der Waals surface area contributed by atoms with Crippen molar-refractivity contribution in [2.75, 3.05) is 0 Å². The molecule has 1 unspecified atom stereocenters. The normalized spacial score (nSPS) is 27.6. The summed E-state index contributed by atoms with van der Waals surface area (Å²) in [7, 11) is 0. The first-order valence-corrected chi connectivity index (χ1v) is 7.40. The molecule has 16 heavy (non-hydrogen) atoms. The molecule has 0 nitrogen and oxygen atoms in total. The van der Waals surface area contributed by atoms with Gasteiger partial charge in [-0.25, -0.2) is 0 Å². The lowest BCUT2D eigenvalue weighted by molar-refractivity contribution is -0.142. The number of hydrogen-bond acceptors (Lipinski definition) is 0. The first-order valence-electron chi connectivity index (χ1n) is 6.16. The highest BCUT2D eigenvalue weighted by Crippen LogP contribution is 2.46. The predicted octanol–water partition coefficient (Wildman–Crippen LogP) is 5.35. The predicted molar refractivity (Wildman–Crippen MR) is 68.8 cm³/mol. The summed E-state index contributed by atoms with van der Waals surface area (Å²) in [6.45, 7) is 2.17. The molecule has 0 spiro atoms. The third-order valence-electron chi connectivity index (χ3n) is 3.46. The zero-order valence-corrected chi connectivity index (χ0v) is 11.9. The highest BCUT2D eigenvalue weighted by molar-refractivity contribution is 14.1. The first-order chi connectivity index (χ1) is 7.45. The van der Waals surface area contributed by atoms with Crippen LogP contribution in [0.25, 0.3) is 0 Å². The quantitative estimate of drug-likeness (QED) is 0.345. The van der Waals surface area contributed by atoms with Crippen LogP contribution < -0.4 is 0 Å². The fourth-order valence-corrected chi connectivity index (χ4v) is 2.98.